The molecule has 0 aliphatic carbocycles. The molecule has 1 atom stereocenters. The second kappa shape index (κ2) is 14.0. The van der Waals surface area contributed by atoms with E-state index in [1.54, 1.807) is 46.3 Å². The van der Waals surface area contributed by atoms with Gasteiger partial charge in [0.15, 0.2) is 5.57 Å². The minimum absolute atomic E-state index is 0.0222. The van der Waals surface area contributed by atoms with Crippen molar-refractivity contribution >= 4 is 17.6 Å². The summed E-state index contributed by atoms with van der Waals surface area (Å²) in [5.74, 6) is -1.39. The van der Waals surface area contributed by atoms with E-state index in [9.17, 15) is 9.59 Å². The number of carbonyl (C=O) groups excluding carboxylic acids is 2. The van der Waals surface area contributed by atoms with Gasteiger partial charge < -0.3 is 29.2 Å². The smallest absolute Gasteiger partial charge is 0.352 e. The molecule has 2 aromatic carbocycles. The highest BCUT2D eigenvalue weighted by Gasteiger charge is 2.43. The lowest BCUT2D eigenvalue weighted by Gasteiger charge is -2.38. The van der Waals surface area contributed by atoms with Crippen LogP contribution in [0.25, 0.3) is 0 Å². The van der Waals surface area contributed by atoms with Gasteiger partial charge in [-0.2, -0.15) is 0 Å². The summed E-state index contributed by atoms with van der Waals surface area (Å²) in [6.45, 7) is 14.5. The van der Waals surface area contributed by atoms with Gasteiger partial charge in [0, 0.05) is 32.5 Å². The molecule has 0 saturated carbocycles. The molecule has 1 unspecified atom stereocenters. The Morgan fingerprint density at radius 2 is 1.57 bits per heavy atom. The highest BCUT2D eigenvalue weighted by atomic mass is 16.7. The molecular weight excluding hydrogens is 532 g/mol. The van der Waals surface area contributed by atoms with Gasteiger partial charge in [0.05, 0.1) is 19.9 Å². The van der Waals surface area contributed by atoms with Gasteiger partial charge in [0.1, 0.15) is 17.3 Å². The molecule has 0 aromatic heterocycles. The zero-order valence-electron chi connectivity index (χ0n) is 26.8. The summed E-state index contributed by atoms with van der Waals surface area (Å²) in [5.41, 5.74) is 2.89. The summed E-state index contributed by atoms with van der Waals surface area (Å²) in [5, 5.41) is 3.39. The predicted molar refractivity (Wildman–Crippen MR) is 165 cm³/mol. The minimum Gasteiger partial charge on any atom is -0.497 e. The standard InChI is InChI=1S/C34H48N2O6/c1-10-12-13-25(11-2)36(22-24-16-14-23(15-17-24)21-33(3,4)5)30(29-31(37)41-34(6,7)42-32(29)38)35-27-19-18-26(39-8)20-28(27)40-9/h14-20,25,35H,10-13,21-22H2,1-9H3. The van der Waals surface area contributed by atoms with Gasteiger partial charge in [-0.1, -0.05) is 71.7 Å². The van der Waals surface area contributed by atoms with Gasteiger partial charge in [-0.05, 0) is 47.9 Å². The first kappa shape index (κ1) is 32.8. The number of hydrogen-bond donors (Lipinski definition) is 1. The van der Waals surface area contributed by atoms with Crippen LogP contribution < -0.4 is 14.8 Å². The second-order valence-electron chi connectivity index (χ2n) is 12.5. The van der Waals surface area contributed by atoms with Crippen LogP contribution in [0.1, 0.15) is 85.3 Å². The number of methoxy groups -OCH3 is 2. The summed E-state index contributed by atoms with van der Waals surface area (Å²) in [6.07, 6.45) is 4.66. The van der Waals surface area contributed by atoms with Crippen molar-refractivity contribution in [2.45, 2.75) is 98.9 Å². The fraction of sp³-hybridized carbons (Fsp3) is 0.529. The molecule has 1 aliphatic rings. The summed E-state index contributed by atoms with van der Waals surface area (Å²) < 4.78 is 22.2. The van der Waals surface area contributed by atoms with E-state index in [2.05, 4.69) is 69.1 Å². The summed E-state index contributed by atoms with van der Waals surface area (Å²) in [6, 6.07) is 13.9. The van der Waals surface area contributed by atoms with Gasteiger partial charge in [-0.15, -0.1) is 0 Å². The van der Waals surface area contributed by atoms with Crippen LogP contribution in [0.4, 0.5) is 5.69 Å². The van der Waals surface area contributed by atoms with E-state index in [1.807, 2.05) is 0 Å². The van der Waals surface area contributed by atoms with Gasteiger partial charge in [0.25, 0.3) is 5.79 Å². The maximum atomic E-state index is 13.5. The monoisotopic (exact) mass is 580 g/mol. The van der Waals surface area contributed by atoms with E-state index >= 15 is 0 Å². The third-order valence-electron chi connectivity index (χ3n) is 7.18. The average molecular weight is 581 g/mol. The Morgan fingerprint density at radius 1 is 0.952 bits per heavy atom. The lowest BCUT2D eigenvalue weighted by atomic mass is 9.88. The van der Waals surface area contributed by atoms with Crippen LogP contribution in [0.15, 0.2) is 53.9 Å². The number of cyclic esters (lactones) is 2. The molecule has 0 radical (unpaired) electrons. The van der Waals surface area contributed by atoms with Gasteiger partial charge in [0.2, 0.25) is 0 Å². The van der Waals surface area contributed by atoms with Crippen molar-refractivity contribution in [3.63, 3.8) is 0 Å². The van der Waals surface area contributed by atoms with Gasteiger partial charge in [-0.3, -0.25) is 0 Å². The molecule has 1 N–H and O–H groups in total. The molecule has 8 nitrogen and oxygen atoms in total. The summed E-state index contributed by atoms with van der Waals surface area (Å²) >= 11 is 0. The van der Waals surface area contributed by atoms with Crippen LogP contribution >= 0.6 is 0 Å². The fourth-order valence-corrected chi connectivity index (χ4v) is 5.14. The topological polar surface area (TPSA) is 86.3 Å². The quantitative estimate of drug-likeness (QED) is 0.151. The number of unbranched alkanes of at least 4 members (excludes halogenated alkanes) is 1. The van der Waals surface area contributed by atoms with E-state index < -0.39 is 17.7 Å². The molecular formula is C34H48N2O6. The molecule has 1 saturated heterocycles. The van der Waals surface area contributed by atoms with Crippen molar-refractivity contribution in [1.82, 2.24) is 4.90 Å². The van der Waals surface area contributed by atoms with E-state index in [1.165, 1.54) is 5.56 Å². The third-order valence-corrected chi connectivity index (χ3v) is 7.18. The number of carbonyl (C=O) groups is 2. The number of ether oxygens (including phenoxy) is 4. The normalized spacial score (nSPS) is 15.4. The van der Waals surface area contributed by atoms with Crippen LogP contribution in [0.2, 0.25) is 0 Å². The lowest BCUT2D eigenvalue weighted by molar-refractivity contribution is -0.222. The van der Waals surface area contributed by atoms with Crippen LogP contribution in [0.3, 0.4) is 0 Å². The zero-order valence-corrected chi connectivity index (χ0v) is 26.8. The number of benzene rings is 2. The number of nitrogens with zero attached hydrogens (tertiary/aromatic N) is 1. The number of hydrogen-bond acceptors (Lipinski definition) is 8. The van der Waals surface area contributed by atoms with Crippen molar-refractivity contribution in [1.29, 1.82) is 0 Å². The summed E-state index contributed by atoms with van der Waals surface area (Å²) in [4.78, 5) is 29.0. The third kappa shape index (κ3) is 8.66. The Balaban J connectivity index is 2.17. The molecule has 1 aliphatic heterocycles. The molecule has 2 aromatic rings. The van der Waals surface area contributed by atoms with Gasteiger partial charge in [-0.25, -0.2) is 9.59 Å². The van der Waals surface area contributed by atoms with Crippen molar-refractivity contribution in [3.05, 3.63) is 65.0 Å². The molecule has 0 bridgehead atoms. The van der Waals surface area contributed by atoms with Crippen LogP contribution in [0, 0.1) is 5.41 Å². The Morgan fingerprint density at radius 3 is 2.10 bits per heavy atom. The molecule has 1 fully saturated rings. The number of esters is 2. The first-order chi connectivity index (χ1) is 19.8. The van der Waals surface area contributed by atoms with Gasteiger partial charge >= 0.3 is 11.9 Å². The average Bonchev–Trinajstić information content (AvgIpc) is 2.91. The van der Waals surface area contributed by atoms with Crippen LogP contribution in [-0.4, -0.2) is 42.9 Å². The maximum Gasteiger partial charge on any atom is 0.352 e. The highest BCUT2D eigenvalue weighted by molar-refractivity contribution is 6.16. The Hall–Kier alpha value is -3.68. The SMILES string of the molecule is CCCCC(CC)N(Cc1ccc(CC(C)(C)C)cc1)C(Nc1ccc(OC)cc1OC)=C1C(=O)OC(C)(C)OC1=O. The Bertz CT molecular complexity index is 1240. The largest absolute Gasteiger partial charge is 0.497 e. The second-order valence-corrected chi connectivity index (χ2v) is 12.5. The van der Waals surface area contributed by atoms with Crippen molar-refractivity contribution < 1.29 is 28.5 Å². The molecule has 42 heavy (non-hydrogen) atoms. The first-order valence-electron chi connectivity index (χ1n) is 14.8. The fourth-order valence-electron chi connectivity index (χ4n) is 5.14. The maximum absolute atomic E-state index is 13.5. The molecule has 230 valence electrons. The highest BCUT2D eigenvalue weighted by Crippen LogP contribution is 2.35. The Kier molecular flexibility index (Phi) is 10.9. The van der Waals surface area contributed by atoms with E-state index in [0.717, 1.165) is 37.7 Å². The molecule has 0 spiro atoms. The molecule has 0 amide bonds. The Labute approximate surface area is 251 Å². The number of rotatable bonds is 13. The van der Waals surface area contributed by atoms with E-state index in [4.69, 9.17) is 18.9 Å². The van der Waals surface area contributed by atoms with E-state index in [-0.39, 0.29) is 17.0 Å². The van der Waals surface area contributed by atoms with Crippen molar-refractivity contribution in [2.75, 3.05) is 19.5 Å². The van der Waals surface area contributed by atoms with Crippen LogP contribution in [-0.2, 0) is 32.0 Å². The molecule has 3 rings (SSSR count). The first-order valence-corrected chi connectivity index (χ1v) is 14.8. The molecule has 1 heterocycles. The lowest BCUT2D eigenvalue weighted by Crippen LogP contribution is -2.46. The van der Waals surface area contributed by atoms with E-state index in [0.29, 0.717) is 29.6 Å². The minimum atomic E-state index is -1.36. The predicted octanol–water partition coefficient (Wildman–Crippen LogP) is 7.22. The number of anilines is 1. The summed E-state index contributed by atoms with van der Waals surface area (Å²) in [7, 11) is 3.14. The van der Waals surface area contributed by atoms with Crippen molar-refractivity contribution in [3.8, 4) is 11.5 Å². The molecule has 8 heteroatoms. The van der Waals surface area contributed by atoms with Crippen molar-refractivity contribution in [2.24, 2.45) is 5.41 Å². The zero-order chi connectivity index (χ0) is 31.1. The number of nitrogens with one attached hydrogen (secondary N) is 1. The van der Waals surface area contributed by atoms with Crippen LogP contribution in [0.5, 0.6) is 11.5 Å².